The molecule has 0 spiro atoms. The van der Waals surface area contributed by atoms with Gasteiger partial charge in [0.25, 0.3) is 0 Å². The molecule has 2 aliphatic rings. The zero-order valence-corrected chi connectivity index (χ0v) is 23.2. The molecule has 3 amide bonds. The fourth-order valence-corrected chi connectivity index (χ4v) is 4.56. The number of likely N-dealkylation sites (tertiary alicyclic amines) is 1. The van der Waals surface area contributed by atoms with Crippen molar-refractivity contribution in [3.8, 4) is 11.5 Å². The molecule has 38 heavy (non-hydrogen) atoms. The van der Waals surface area contributed by atoms with E-state index in [4.69, 9.17) is 29.4 Å². The summed E-state index contributed by atoms with van der Waals surface area (Å²) in [6, 6.07) is 3.44. The summed E-state index contributed by atoms with van der Waals surface area (Å²) in [5, 5.41) is 2.75. The second-order valence-corrected chi connectivity index (χ2v) is 10.7. The second kappa shape index (κ2) is 12.7. The van der Waals surface area contributed by atoms with Crippen LogP contribution in [0.4, 0.5) is 4.79 Å². The maximum absolute atomic E-state index is 13.6. The van der Waals surface area contributed by atoms with Gasteiger partial charge in [-0.2, -0.15) is 0 Å². The highest BCUT2D eigenvalue weighted by atomic mass is 16.7. The Morgan fingerprint density at radius 1 is 1.21 bits per heavy atom. The average molecular weight is 536 g/mol. The quantitative estimate of drug-likeness (QED) is 0.466. The lowest BCUT2D eigenvalue weighted by atomic mass is 9.98. The number of nitrogens with two attached hydrogens (primary N) is 1. The average Bonchev–Trinajstić information content (AvgIpc) is 3.51. The molecule has 1 aromatic rings. The molecule has 2 saturated heterocycles. The van der Waals surface area contributed by atoms with Crippen LogP contribution in [0, 0.1) is 5.92 Å². The van der Waals surface area contributed by atoms with E-state index in [1.807, 2.05) is 19.9 Å². The van der Waals surface area contributed by atoms with Crippen LogP contribution < -0.4 is 20.5 Å². The molecule has 4 atom stereocenters. The molecular formula is C27H41N3O8. The molecule has 2 heterocycles. The van der Waals surface area contributed by atoms with Crippen LogP contribution in [0.3, 0.4) is 0 Å². The predicted molar refractivity (Wildman–Crippen MR) is 139 cm³/mol. The maximum atomic E-state index is 13.6. The summed E-state index contributed by atoms with van der Waals surface area (Å²) in [6.45, 7) is 10.3. The first-order chi connectivity index (χ1) is 17.9. The summed E-state index contributed by atoms with van der Waals surface area (Å²) in [4.78, 5) is 40.1. The fourth-order valence-electron chi connectivity index (χ4n) is 4.56. The van der Waals surface area contributed by atoms with Crippen LogP contribution in [0.15, 0.2) is 18.2 Å². The first kappa shape index (κ1) is 29.5. The van der Waals surface area contributed by atoms with Crippen molar-refractivity contribution in [3.63, 3.8) is 0 Å². The van der Waals surface area contributed by atoms with Gasteiger partial charge in [0, 0.05) is 24.9 Å². The molecule has 2 aliphatic heterocycles. The van der Waals surface area contributed by atoms with Gasteiger partial charge in [-0.05, 0) is 44.9 Å². The number of methoxy groups -OCH3 is 1. The minimum atomic E-state index is -1.03. The van der Waals surface area contributed by atoms with Crippen LogP contribution in [-0.2, 0) is 30.2 Å². The Kier molecular flexibility index (Phi) is 9.83. The molecular weight excluding hydrogens is 494 g/mol. The number of hydrogen-bond donors (Lipinski definition) is 2. The molecule has 0 radical (unpaired) electrons. The smallest absolute Gasteiger partial charge is 0.411 e. The van der Waals surface area contributed by atoms with E-state index in [0.29, 0.717) is 44.0 Å². The SMILES string of the molecule is CC[C@H](C)[C@H](NC(=O)[C@@H]1[C@@H](Oc2ccc(OC)c(CC3OCCO3)c2)CCN1C(=O)OC(C)(C)C)C(N)=O. The van der Waals surface area contributed by atoms with E-state index in [2.05, 4.69) is 5.32 Å². The Bertz CT molecular complexity index is 989. The normalized spacial score (nSPS) is 21.6. The number of nitrogens with one attached hydrogen (secondary N) is 1. The molecule has 0 unspecified atom stereocenters. The molecule has 3 N–H and O–H groups in total. The first-order valence-electron chi connectivity index (χ1n) is 13.1. The van der Waals surface area contributed by atoms with Crippen molar-refractivity contribution in [1.29, 1.82) is 0 Å². The Hall–Kier alpha value is -3.05. The monoisotopic (exact) mass is 535 g/mol. The Balaban J connectivity index is 1.86. The second-order valence-electron chi connectivity index (χ2n) is 10.7. The minimum absolute atomic E-state index is 0.184. The Morgan fingerprint density at radius 3 is 2.47 bits per heavy atom. The molecule has 1 aromatic carbocycles. The van der Waals surface area contributed by atoms with Crippen LogP contribution >= 0.6 is 0 Å². The van der Waals surface area contributed by atoms with Crippen LogP contribution in [0.1, 0.15) is 53.0 Å². The van der Waals surface area contributed by atoms with Gasteiger partial charge in [-0.1, -0.05) is 20.3 Å². The van der Waals surface area contributed by atoms with Gasteiger partial charge in [0.15, 0.2) is 12.3 Å². The Labute approximate surface area is 224 Å². The molecule has 0 saturated carbocycles. The van der Waals surface area contributed by atoms with E-state index >= 15 is 0 Å². The standard InChI is InChI=1S/C27H41N3O8/c1-7-16(2)22(24(28)31)29-25(32)23-20(10-11-30(23)26(33)38-27(3,4)5)37-18-8-9-19(34-6)17(14-18)15-21-35-12-13-36-21/h8-9,14,16,20-23H,7,10-13,15H2,1-6H3,(H2,28,31)(H,29,32)/t16-,20-,22-,23-/m0/s1. The lowest BCUT2D eigenvalue weighted by molar-refractivity contribution is -0.132. The van der Waals surface area contributed by atoms with E-state index in [1.54, 1.807) is 40.0 Å². The highest BCUT2D eigenvalue weighted by molar-refractivity contribution is 5.91. The summed E-state index contributed by atoms with van der Waals surface area (Å²) >= 11 is 0. The van der Waals surface area contributed by atoms with Crippen molar-refractivity contribution >= 4 is 17.9 Å². The molecule has 0 aliphatic carbocycles. The number of primary amides is 1. The topological polar surface area (TPSA) is 139 Å². The third-order valence-electron chi connectivity index (χ3n) is 6.67. The van der Waals surface area contributed by atoms with Crippen molar-refractivity contribution in [3.05, 3.63) is 23.8 Å². The number of benzene rings is 1. The first-order valence-corrected chi connectivity index (χ1v) is 13.1. The number of nitrogens with zero attached hydrogens (tertiary/aromatic N) is 1. The van der Waals surface area contributed by atoms with Crippen LogP contribution in [0.2, 0.25) is 0 Å². The fraction of sp³-hybridized carbons (Fsp3) is 0.667. The van der Waals surface area contributed by atoms with Crippen molar-refractivity contribution in [1.82, 2.24) is 10.2 Å². The van der Waals surface area contributed by atoms with Gasteiger partial charge in [0.1, 0.15) is 29.2 Å². The zero-order valence-electron chi connectivity index (χ0n) is 23.2. The Morgan fingerprint density at radius 2 is 1.89 bits per heavy atom. The van der Waals surface area contributed by atoms with Crippen LogP contribution in [-0.4, -0.2) is 79.8 Å². The van der Waals surface area contributed by atoms with Gasteiger partial charge in [0.2, 0.25) is 11.8 Å². The van der Waals surface area contributed by atoms with E-state index in [0.717, 1.165) is 5.56 Å². The van der Waals surface area contributed by atoms with Gasteiger partial charge in [-0.3, -0.25) is 14.5 Å². The predicted octanol–water partition coefficient (Wildman–Crippen LogP) is 2.38. The zero-order chi connectivity index (χ0) is 28.0. The number of ether oxygens (including phenoxy) is 5. The third kappa shape index (κ3) is 7.50. The molecule has 0 aromatic heterocycles. The summed E-state index contributed by atoms with van der Waals surface area (Å²) in [5.41, 5.74) is 5.66. The van der Waals surface area contributed by atoms with Crippen LogP contribution in [0.25, 0.3) is 0 Å². The van der Waals surface area contributed by atoms with Crippen LogP contribution in [0.5, 0.6) is 11.5 Å². The molecule has 11 nitrogen and oxygen atoms in total. The van der Waals surface area contributed by atoms with Gasteiger partial charge in [0.05, 0.1) is 20.3 Å². The van der Waals surface area contributed by atoms with E-state index in [-0.39, 0.29) is 18.8 Å². The lowest BCUT2D eigenvalue weighted by Gasteiger charge is -2.31. The van der Waals surface area contributed by atoms with Gasteiger partial charge in [-0.15, -0.1) is 0 Å². The van der Waals surface area contributed by atoms with E-state index in [9.17, 15) is 14.4 Å². The third-order valence-corrected chi connectivity index (χ3v) is 6.67. The summed E-state index contributed by atoms with van der Waals surface area (Å²) in [5.74, 6) is -0.185. The van der Waals surface area contributed by atoms with Crippen molar-refractivity contribution in [2.24, 2.45) is 11.7 Å². The van der Waals surface area contributed by atoms with E-state index in [1.165, 1.54) is 4.90 Å². The van der Waals surface area contributed by atoms with Gasteiger partial charge in [-0.25, -0.2) is 4.79 Å². The number of amides is 3. The highest BCUT2D eigenvalue weighted by Gasteiger charge is 2.46. The summed E-state index contributed by atoms with van der Waals surface area (Å²) < 4.78 is 28.5. The van der Waals surface area contributed by atoms with Gasteiger partial charge < -0.3 is 34.7 Å². The summed E-state index contributed by atoms with van der Waals surface area (Å²) in [6.07, 6.45) is -0.205. The molecule has 11 heteroatoms. The number of carbonyl (C=O) groups excluding carboxylic acids is 3. The number of carbonyl (C=O) groups is 3. The lowest BCUT2D eigenvalue weighted by Crippen LogP contribution is -2.57. The van der Waals surface area contributed by atoms with Crippen molar-refractivity contribution < 1.29 is 38.1 Å². The highest BCUT2D eigenvalue weighted by Crippen LogP contribution is 2.31. The molecule has 2 fully saturated rings. The van der Waals surface area contributed by atoms with Crippen molar-refractivity contribution in [2.75, 3.05) is 26.9 Å². The van der Waals surface area contributed by atoms with Crippen molar-refractivity contribution in [2.45, 2.75) is 84.0 Å². The minimum Gasteiger partial charge on any atom is -0.496 e. The molecule has 212 valence electrons. The molecule has 3 rings (SSSR count). The maximum Gasteiger partial charge on any atom is 0.411 e. The number of hydrogen-bond acceptors (Lipinski definition) is 8. The largest absolute Gasteiger partial charge is 0.496 e. The number of rotatable bonds is 10. The summed E-state index contributed by atoms with van der Waals surface area (Å²) in [7, 11) is 1.58. The van der Waals surface area contributed by atoms with E-state index < -0.39 is 41.7 Å². The van der Waals surface area contributed by atoms with Gasteiger partial charge >= 0.3 is 6.09 Å². The molecule has 0 bridgehead atoms.